The van der Waals surface area contributed by atoms with E-state index in [0.29, 0.717) is 12.3 Å². The molecule has 0 heterocycles. The van der Waals surface area contributed by atoms with Gasteiger partial charge in [0.2, 0.25) is 0 Å². The number of hydrogen-bond donors (Lipinski definition) is 2. The van der Waals surface area contributed by atoms with Crippen molar-refractivity contribution in [3.8, 4) is 0 Å². The Morgan fingerprint density at radius 1 is 0.769 bits per heavy atom. The van der Waals surface area contributed by atoms with Gasteiger partial charge in [0.1, 0.15) is 0 Å². The number of rotatable bonds is 19. The molecule has 0 aromatic rings. The van der Waals surface area contributed by atoms with Crippen molar-refractivity contribution in [2.45, 2.75) is 96.3 Å². The van der Waals surface area contributed by atoms with Crippen molar-refractivity contribution < 1.29 is 19.8 Å². The molecule has 26 heavy (non-hydrogen) atoms. The lowest BCUT2D eigenvalue weighted by atomic mass is 9.94. The van der Waals surface area contributed by atoms with Crippen molar-refractivity contribution in [1.82, 2.24) is 0 Å². The van der Waals surface area contributed by atoms with Gasteiger partial charge >= 0.3 is 11.9 Å². The molecule has 0 spiro atoms. The Labute approximate surface area is 159 Å². The van der Waals surface area contributed by atoms with Gasteiger partial charge in [-0.15, -0.1) is 6.58 Å². The van der Waals surface area contributed by atoms with Crippen LogP contribution in [0.15, 0.2) is 24.8 Å². The molecule has 0 amide bonds. The smallest absolute Gasteiger partial charge is 0.327 e. The lowest BCUT2D eigenvalue weighted by Gasteiger charge is -2.12. The molecule has 4 heteroatoms. The zero-order chi connectivity index (χ0) is 19.5. The molecule has 0 saturated carbocycles. The molecule has 0 radical (unpaired) electrons. The highest BCUT2D eigenvalue weighted by atomic mass is 16.4. The maximum absolute atomic E-state index is 10.4. The molecule has 0 bridgehead atoms. The fourth-order valence-corrected chi connectivity index (χ4v) is 3.15. The number of carbonyl (C=O) groups is 2. The van der Waals surface area contributed by atoms with Crippen molar-refractivity contribution in [1.29, 1.82) is 0 Å². The summed E-state index contributed by atoms with van der Waals surface area (Å²) in [4.78, 5) is 20.8. The van der Waals surface area contributed by atoms with Crippen molar-refractivity contribution >= 4 is 11.9 Å². The molecule has 4 nitrogen and oxygen atoms in total. The van der Waals surface area contributed by atoms with Crippen LogP contribution < -0.4 is 0 Å². The predicted octanol–water partition coefficient (Wildman–Crippen LogP) is 6.37. The third-order valence-electron chi connectivity index (χ3n) is 4.76. The van der Waals surface area contributed by atoms with E-state index in [9.17, 15) is 9.59 Å². The largest absolute Gasteiger partial charge is 0.481 e. The number of carboxylic acids is 2. The second-order valence-electron chi connectivity index (χ2n) is 7.14. The maximum Gasteiger partial charge on any atom is 0.327 e. The van der Waals surface area contributed by atoms with Crippen LogP contribution in [0.5, 0.6) is 0 Å². The molecule has 1 atom stereocenters. The monoisotopic (exact) mass is 366 g/mol. The Bertz CT molecular complexity index is 401. The third-order valence-corrected chi connectivity index (χ3v) is 4.76. The molecule has 2 N–H and O–H groups in total. The average Bonchev–Trinajstić information content (AvgIpc) is 2.60. The highest BCUT2D eigenvalue weighted by molar-refractivity contribution is 5.79. The Hall–Kier alpha value is -1.58. The van der Waals surface area contributed by atoms with Crippen LogP contribution in [0, 0.1) is 5.92 Å². The predicted molar refractivity (Wildman–Crippen MR) is 107 cm³/mol. The molecular weight excluding hydrogens is 328 g/mol. The van der Waals surface area contributed by atoms with Gasteiger partial charge in [-0.1, -0.05) is 69.9 Å². The van der Waals surface area contributed by atoms with E-state index in [1.807, 2.05) is 0 Å². The van der Waals surface area contributed by atoms with Crippen LogP contribution in [0.4, 0.5) is 0 Å². The van der Waals surface area contributed by atoms with Crippen LogP contribution in [-0.4, -0.2) is 22.2 Å². The zero-order valence-electron chi connectivity index (χ0n) is 16.3. The van der Waals surface area contributed by atoms with E-state index in [0.717, 1.165) is 38.5 Å². The summed E-state index contributed by atoms with van der Waals surface area (Å²) in [6, 6.07) is 0. The minimum Gasteiger partial charge on any atom is -0.481 e. The number of allylic oxidation sites excluding steroid dienone is 2. The van der Waals surface area contributed by atoms with Gasteiger partial charge in [-0.05, 0) is 38.0 Å². The lowest BCUT2D eigenvalue weighted by Crippen LogP contribution is -1.97. The number of carboxylic acid groups (broad SMARTS) is 2. The normalized spacial score (nSPS) is 12.3. The molecule has 0 aliphatic carbocycles. The van der Waals surface area contributed by atoms with Gasteiger partial charge in [-0.25, -0.2) is 4.79 Å². The molecule has 0 fully saturated rings. The minimum absolute atomic E-state index is 0.308. The average molecular weight is 367 g/mol. The van der Waals surface area contributed by atoms with Gasteiger partial charge in [-0.2, -0.15) is 0 Å². The van der Waals surface area contributed by atoms with Crippen molar-refractivity contribution in [2.75, 3.05) is 0 Å². The summed E-state index contributed by atoms with van der Waals surface area (Å²) >= 11 is 0. The van der Waals surface area contributed by atoms with E-state index >= 15 is 0 Å². The Morgan fingerprint density at radius 2 is 1.27 bits per heavy atom. The molecule has 0 aromatic heterocycles. The van der Waals surface area contributed by atoms with Crippen LogP contribution in [0.2, 0.25) is 0 Å². The minimum atomic E-state index is -0.866. The molecule has 0 aliphatic heterocycles. The van der Waals surface area contributed by atoms with Gasteiger partial charge in [0.05, 0.1) is 0 Å². The van der Waals surface area contributed by atoms with E-state index in [2.05, 4.69) is 12.7 Å². The summed E-state index contributed by atoms with van der Waals surface area (Å²) in [5, 5.41) is 17.1. The maximum atomic E-state index is 10.4. The van der Waals surface area contributed by atoms with Gasteiger partial charge < -0.3 is 10.2 Å². The second-order valence-corrected chi connectivity index (χ2v) is 7.14. The summed E-state index contributed by atoms with van der Waals surface area (Å²) in [5.74, 6) is -0.938. The summed E-state index contributed by atoms with van der Waals surface area (Å²) in [7, 11) is 0. The molecule has 0 saturated heterocycles. The van der Waals surface area contributed by atoms with Crippen LogP contribution in [0.1, 0.15) is 96.3 Å². The molecule has 150 valence electrons. The number of aliphatic carboxylic acids is 2. The van der Waals surface area contributed by atoms with Gasteiger partial charge in [-0.3, -0.25) is 4.79 Å². The van der Waals surface area contributed by atoms with Crippen molar-refractivity contribution in [3.63, 3.8) is 0 Å². The first-order valence-electron chi connectivity index (χ1n) is 10.3. The summed E-state index contributed by atoms with van der Waals surface area (Å²) in [6.45, 7) is 3.96. The van der Waals surface area contributed by atoms with Gasteiger partial charge in [0.15, 0.2) is 0 Å². The molecule has 1 unspecified atom stereocenters. The fourth-order valence-electron chi connectivity index (χ4n) is 3.15. The van der Waals surface area contributed by atoms with Crippen LogP contribution in [-0.2, 0) is 9.59 Å². The standard InChI is InChI=1S/C22H38O4/c1-2-20(17-13-9-7-11-15-19-22(25)26)16-12-8-5-3-4-6-10-14-18-21(23)24/h2,15,19-20H,1,3-14,16-18H2,(H,23,24)(H,25,26). The van der Waals surface area contributed by atoms with E-state index in [1.54, 1.807) is 6.08 Å². The first kappa shape index (κ1) is 24.4. The summed E-state index contributed by atoms with van der Waals surface area (Å²) in [5.41, 5.74) is 0. The Balaban J connectivity index is 3.41. The van der Waals surface area contributed by atoms with Crippen LogP contribution >= 0.6 is 0 Å². The Kier molecular flexibility index (Phi) is 17.1. The molecule has 0 aromatic carbocycles. The SMILES string of the molecule is C=CC(CCCCCC=CC(=O)O)CCCCCCCCCCC(=O)O. The van der Waals surface area contributed by atoms with Crippen LogP contribution in [0.25, 0.3) is 0 Å². The number of hydrogen-bond acceptors (Lipinski definition) is 2. The molecule has 0 rings (SSSR count). The first-order valence-corrected chi connectivity index (χ1v) is 10.3. The van der Waals surface area contributed by atoms with Gasteiger partial charge in [0, 0.05) is 12.5 Å². The zero-order valence-corrected chi connectivity index (χ0v) is 16.3. The first-order chi connectivity index (χ1) is 12.6. The van der Waals surface area contributed by atoms with Crippen molar-refractivity contribution in [3.05, 3.63) is 24.8 Å². The van der Waals surface area contributed by atoms with E-state index in [-0.39, 0.29) is 0 Å². The van der Waals surface area contributed by atoms with Crippen LogP contribution in [0.3, 0.4) is 0 Å². The summed E-state index contributed by atoms with van der Waals surface area (Å²) in [6.07, 6.45) is 21.3. The molecule has 0 aliphatic rings. The molecular formula is C22H38O4. The Morgan fingerprint density at radius 3 is 1.77 bits per heavy atom. The van der Waals surface area contributed by atoms with Gasteiger partial charge in [0.25, 0.3) is 0 Å². The third kappa shape index (κ3) is 18.8. The fraction of sp³-hybridized carbons (Fsp3) is 0.727. The van der Waals surface area contributed by atoms with E-state index < -0.39 is 11.9 Å². The second kappa shape index (κ2) is 18.2. The lowest BCUT2D eigenvalue weighted by molar-refractivity contribution is -0.137. The summed E-state index contributed by atoms with van der Waals surface area (Å²) < 4.78 is 0. The quantitative estimate of drug-likeness (QED) is 0.158. The van der Waals surface area contributed by atoms with E-state index in [1.165, 1.54) is 57.4 Å². The highest BCUT2D eigenvalue weighted by Gasteiger charge is 2.04. The van der Waals surface area contributed by atoms with Crippen molar-refractivity contribution in [2.24, 2.45) is 5.92 Å². The van der Waals surface area contributed by atoms with E-state index in [4.69, 9.17) is 10.2 Å². The highest BCUT2D eigenvalue weighted by Crippen LogP contribution is 2.19. The number of unbranched alkanes of at least 4 members (excludes halogenated alkanes) is 10. The topological polar surface area (TPSA) is 74.6 Å².